The molecule has 2 heterocycles. The maximum absolute atomic E-state index is 14.7. The highest BCUT2D eigenvalue weighted by atomic mass is 19.4. The van der Waals surface area contributed by atoms with Crippen molar-refractivity contribution in [3.63, 3.8) is 0 Å². The summed E-state index contributed by atoms with van der Waals surface area (Å²) >= 11 is 0. The van der Waals surface area contributed by atoms with Gasteiger partial charge in [-0.05, 0) is 101 Å². The highest BCUT2D eigenvalue weighted by molar-refractivity contribution is 6.12. The normalized spacial score (nSPS) is 12.9. The Hall–Kier alpha value is -8.90. The zero-order valence-electron chi connectivity index (χ0n) is 41.9. The second-order valence-corrected chi connectivity index (χ2v) is 18.7. The Morgan fingerprint density at radius 3 is 0.988 bits per heavy atom. The van der Waals surface area contributed by atoms with Crippen molar-refractivity contribution >= 4 is 21.8 Å². The molecule has 0 aliphatic heterocycles. The van der Waals surface area contributed by atoms with E-state index in [-0.39, 0.29) is 81.2 Å². The number of nitrogens with zero attached hydrogens (tertiary/aromatic N) is 4. The quantitative estimate of drug-likeness (QED) is 0.149. The molecular formula is C59H31F21N4. The van der Waals surface area contributed by atoms with Crippen LogP contribution in [0.5, 0.6) is 0 Å². The molecule has 0 atom stereocenters. The largest absolute Gasteiger partial charge is 0.417 e. The van der Waals surface area contributed by atoms with Crippen LogP contribution in [0.3, 0.4) is 0 Å². The molecule has 8 aromatic carbocycles. The Bertz CT molecular complexity index is 3860. The fourth-order valence-electron chi connectivity index (χ4n) is 9.18. The summed E-state index contributed by atoms with van der Waals surface area (Å²) in [6, 6.07) is 29.1. The van der Waals surface area contributed by atoms with Gasteiger partial charge in [-0.25, -0.2) is 15.0 Å². The lowest BCUT2D eigenvalue weighted by Gasteiger charge is -2.19. The van der Waals surface area contributed by atoms with Crippen LogP contribution in [0.25, 0.3) is 95.0 Å². The number of alkyl halides is 21. The molecule has 0 aliphatic carbocycles. The van der Waals surface area contributed by atoms with Gasteiger partial charge in [0.15, 0.2) is 17.5 Å². The second-order valence-electron chi connectivity index (χ2n) is 18.7. The topological polar surface area (TPSA) is 43.6 Å². The van der Waals surface area contributed by atoms with Gasteiger partial charge in [-0.3, -0.25) is 0 Å². The molecule has 10 rings (SSSR count). The molecule has 10 aromatic rings. The summed E-state index contributed by atoms with van der Waals surface area (Å²) in [5.41, 5.74) is -13.6. The van der Waals surface area contributed by atoms with Gasteiger partial charge in [-0.1, -0.05) is 97.1 Å². The number of hydrogen-bond donors (Lipinski definition) is 0. The van der Waals surface area contributed by atoms with E-state index in [9.17, 15) is 92.2 Å². The minimum Gasteiger partial charge on any atom is -0.309 e. The van der Waals surface area contributed by atoms with Crippen molar-refractivity contribution < 1.29 is 92.2 Å². The number of fused-ring (bicyclic) bond motifs is 3. The smallest absolute Gasteiger partial charge is 0.309 e. The van der Waals surface area contributed by atoms with Crippen LogP contribution in [0.15, 0.2) is 170 Å². The molecule has 4 nitrogen and oxygen atoms in total. The Balaban J connectivity index is 0.00000162. The lowest BCUT2D eigenvalue weighted by Crippen LogP contribution is -2.12. The van der Waals surface area contributed by atoms with Crippen molar-refractivity contribution in [3.8, 4) is 73.2 Å². The van der Waals surface area contributed by atoms with E-state index in [2.05, 4.69) is 15.0 Å². The van der Waals surface area contributed by atoms with E-state index in [0.717, 1.165) is 42.5 Å². The molecule has 0 radical (unpaired) electrons. The number of halogens is 21. The molecule has 0 saturated heterocycles. The maximum Gasteiger partial charge on any atom is 0.417 e. The van der Waals surface area contributed by atoms with Crippen LogP contribution in [0.1, 0.15) is 40.3 Å². The molecular weight excluding hydrogens is 1160 g/mol. The van der Waals surface area contributed by atoms with Gasteiger partial charge in [0.25, 0.3) is 0 Å². The van der Waals surface area contributed by atoms with Crippen molar-refractivity contribution in [2.24, 2.45) is 0 Å². The highest BCUT2D eigenvalue weighted by Crippen LogP contribution is 2.48. The standard InChI is InChI=1S/C57H28F18N4.C2H3F3/c58-52(59,60)35-14-17-39(44(27-35)56(70,71)72)31-12-19-46-42(23-31)43-24-32(40-18-15-36(53(61,62)63)28-45(40)57(73,74)75)13-20-47(43)79(46)48-25-33(11-16-41(48)34-21-37(54(64,65)66)26-38(22-34)55(67,68)69)51-77-49(29-7-3-1-4-8-29)76-50(78-51)30-9-5-2-6-10-30;1-2(3,4)5/h1-28H;1H3. The molecule has 0 aliphatic rings. The first kappa shape index (κ1) is 59.7. The van der Waals surface area contributed by atoms with Crippen molar-refractivity contribution in [1.82, 2.24) is 19.5 Å². The first-order chi connectivity index (χ1) is 38.9. The summed E-state index contributed by atoms with van der Waals surface area (Å²) < 4.78 is 291. The minimum atomic E-state index is -5.44. The summed E-state index contributed by atoms with van der Waals surface area (Å²) in [5, 5.41) is -0.422. The average molecular weight is 1190 g/mol. The molecule has 0 bridgehead atoms. The van der Waals surface area contributed by atoms with Gasteiger partial charge in [0.2, 0.25) is 0 Å². The van der Waals surface area contributed by atoms with E-state index in [1.807, 2.05) is 0 Å². The van der Waals surface area contributed by atoms with Crippen molar-refractivity contribution in [1.29, 1.82) is 0 Å². The fourth-order valence-corrected chi connectivity index (χ4v) is 9.18. The van der Waals surface area contributed by atoms with Gasteiger partial charge in [0.1, 0.15) is 0 Å². The number of benzene rings is 8. The average Bonchev–Trinajstić information content (AvgIpc) is 2.52. The fraction of sp³-hybridized carbons (Fsp3) is 0.136. The number of rotatable bonds is 7. The van der Waals surface area contributed by atoms with Crippen LogP contribution in [-0.2, 0) is 37.1 Å². The third-order valence-electron chi connectivity index (χ3n) is 12.8. The Morgan fingerprint density at radius 2 is 0.631 bits per heavy atom. The van der Waals surface area contributed by atoms with E-state index >= 15 is 0 Å². The molecule has 0 saturated carbocycles. The van der Waals surface area contributed by atoms with Crippen LogP contribution < -0.4 is 0 Å². The maximum atomic E-state index is 14.7. The molecule has 0 N–H and O–H groups in total. The summed E-state index contributed by atoms with van der Waals surface area (Å²) in [5.74, 6) is 0.0835. The van der Waals surface area contributed by atoms with E-state index in [0.29, 0.717) is 47.5 Å². The number of hydrogen-bond acceptors (Lipinski definition) is 3. The van der Waals surface area contributed by atoms with Gasteiger partial charge < -0.3 is 4.57 Å². The van der Waals surface area contributed by atoms with Gasteiger partial charge in [0.05, 0.1) is 50.1 Å². The van der Waals surface area contributed by atoms with Gasteiger partial charge in [0, 0.05) is 39.9 Å². The zero-order valence-corrected chi connectivity index (χ0v) is 41.9. The predicted molar refractivity (Wildman–Crippen MR) is 269 cm³/mol. The van der Waals surface area contributed by atoms with Crippen LogP contribution in [0.2, 0.25) is 0 Å². The summed E-state index contributed by atoms with van der Waals surface area (Å²) in [6.45, 7) is 0.188. The zero-order chi connectivity index (χ0) is 61.3. The third-order valence-corrected chi connectivity index (χ3v) is 12.8. The summed E-state index contributed by atoms with van der Waals surface area (Å²) in [6.07, 6.45) is -36.1. The van der Waals surface area contributed by atoms with E-state index < -0.39 is 104 Å². The molecule has 0 amide bonds. The monoisotopic (exact) mass is 1190 g/mol. The Kier molecular flexibility index (Phi) is 15.2. The van der Waals surface area contributed by atoms with Crippen LogP contribution >= 0.6 is 0 Å². The lowest BCUT2D eigenvalue weighted by atomic mass is 9.94. The first-order valence-corrected chi connectivity index (χ1v) is 24.0. The van der Waals surface area contributed by atoms with E-state index in [4.69, 9.17) is 0 Å². The van der Waals surface area contributed by atoms with Crippen molar-refractivity contribution in [2.75, 3.05) is 0 Å². The molecule has 2 aromatic heterocycles. The number of aromatic nitrogens is 4. The van der Waals surface area contributed by atoms with Crippen LogP contribution in [0.4, 0.5) is 92.2 Å². The lowest BCUT2D eigenvalue weighted by molar-refractivity contribution is -0.144. The summed E-state index contributed by atoms with van der Waals surface area (Å²) in [4.78, 5) is 14.0. The Labute approximate surface area is 459 Å². The van der Waals surface area contributed by atoms with Crippen LogP contribution in [-0.4, -0.2) is 25.7 Å². The minimum absolute atomic E-state index is 0.0286. The molecule has 0 fully saturated rings. The molecule has 434 valence electrons. The Morgan fingerprint density at radius 1 is 0.286 bits per heavy atom. The SMILES string of the molecule is CC(F)(F)F.FC(F)(F)c1cc(-c2ccc(-c3nc(-c4ccccc4)nc(-c4ccccc4)n3)cc2-n2c3ccc(-c4ccc(C(F)(F)F)cc4C(F)(F)F)cc3c3cc(-c4ccc(C(F)(F)F)cc4C(F)(F)F)ccc32)cc(C(F)(F)F)c1. The molecule has 25 heteroatoms. The predicted octanol–water partition coefficient (Wildman–Crippen LogP) is 20.7. The van der Waals surface area contributed by atoms with Gasteiger partial charge in [-0.2, -0.15) is 92.2 Å². The van der Waals surface area contributed by atoms with Crippen LogP contribution in [0, 0.1) is 0 Å². The van der Waals surface area contributed by atoms with Gasteiger partial charge >= 0.3 is 43.2 Å². The van der Waals surface area contributed by atoms with E-state index in [1.54, 1.807) is 60.7 Å². The molecule has 84 heavy (non-hydrogen) atoms. The van der Waals surface area contributed by atoms with E-state index in [1.165, 1.54) is 16.7 Å². The van der Waals surface area contributed by atoms with Crippen molar-refractivity contribution in [2.45, 2.75) is 50.2 Å². The third kappa shape index (κ3) is 12.8. The molecule has 0 unspecified atom stereocenters. The summed E-state index contributed by atoms with van der Waals surface area (Å²) in [7, 11) is 0. The second kappa shape index (κ2) is 21.4. The highest BCUT2D eigenvalue weighted by Gasteiger charge is 2.41. The van der Waals surface area contributed by atoms with Gasteiger partial charge in [-0.15, -0.1) is 0 Å². The van der Waals surface area contributed by atoms with Crippen molar-refractivity contribution in [3.05, 3.63) is 203 Å². The molecule has 0 spiro atoms. The first-order valence-electron chi connectivity index (χ1n) is 24.0.